The van der Waals surface area contributed by atoms with Gasteiger partial charge in [-0.3, -0.25) is 4.79 Å². The summed E-state index contributed by atoms with van der Waals surface area (Å²) in [5, 5.41) is 3.36. The molecule has 1 aliphatic carbocycles. The van der Waals surface area contributed by atoms with Crippen LogP contribution in [0.2, 0.25) is 0 Å². The number of hydrogen-bond donors (Lipinski definition) is 1. The molecule has 0 radical (unpaired) electrons. The third kappa shape index (κ3) is 3.43. The number of ether oxygens (including phenoxy) is 1. The number of hydrogen-bond acceptors (Lipinski definition) is 4. The molecule has 1 aromatic carbocycles. The van der Waals surface area contributed by atoms with Crippen molar-refractivity contribution in [3.8, 4) is 0 Å². The third-order valence-electron chi connectivity index (χ3n) is 4.71. The summed E-state index contributed by atoms with van der Waals surface area (Å²) in [5.74, 6) is -0.575. The molecule has 0 fully saturated rings. The van der Waals surface area contributed by atoms with Crippen molar-refractivity contribution in [1.82, 2.24) is 5.32 Å². The van der Waals surface area contributed by atoms with Crippen LogP contribution in [0.4, 0.5) is 0 Å². The molecule has 1 unspecified atom stereocenters. The fourth-order valence-electron chi connectivity index (χ4n) is 3.61. The van der Waals surface area contributed by atoms with Crippen molar-refractivity contribution in [1.29, 1.82) is 0 Å². The Bertz CT molecular complexity index is 762. The van der Waals surface area contributed by atoms with Gasteiger partial charge in [-0.2, -0.15) is 0 Å². The number of carbonyl (C=O) groups is 2. The molecule has 3 rings (SSSR count). The second-order valence-electron chi connectivity index (χ2n) is 6.24. The molecule has 0 saturated heterocycles. The number of dihydropyridines is 1. The molecule has 0 amide bonds. The van der Waals surface area contributed by atoms with Crippen LogP contribution in [0, 0.1) is 0 Å². The highest BCUT2D eigenvalue weighted by atomic mass is 79.9. The van der Waals surface area contributed by atoms with E-state index < -0.39 is 0 Å². The Kier molecular flexibility index (Phi) is 5.42. The number of esters is 1. The van der Waals surface area contributed by atoms with Crippen LogP contribution < -0.4 is 5.32 Å². The molecular weight excluding hydrogens is 382 g/mol. The van der Waals surface area contributed by atoms with Crippen molar-refractivity contribution in [2.24, 2.45) is 0 Å². The minimum Gasteiger partial charge on any atom is -0.463 e. The first kappa shape index (κ1) is 17.9. The lowest BCUT2D eigenvalue weighted by molar-refractivity contribution is -0.138. The van der Waals surface area contributed by atoms with Crippen LogP contribution in [-0.2, 0) is 14.3 Å². The molecule has 4 nitrogen and oxygen atoms in total. The monoisotopic (exact) mass is 403 g/mol. The highest BCUT2D eigenvalue weighted by Gasteiger charge is 2.39. The van der Waals surface area contributed by atoms with Gasteiger partial charge in [0.1, 0.15) is 0 Å². The molecule has 2 aliphatic rings. The van der Waals surface area contributed by atoms with Crippen molar-refractivity contribution < 1.29 is 14.3 Å². The molecular formula is C20H22BrNO3. The first-order chi connectivity index (χ1) is 12.1. The average Bonchev–Trinajstić information content (AvgIpc) is 2.61. The smallest absolute Gasteiger partial charge is 0.336 e. The molecule has 1 aliphatic heterocycles. The Morgan fingerprint density at radius 3 is 2.60 bits per heavy atom. The first-order valence-electron chi connectivity index (χ1n) is 8.75. The van der Waals surface area contributed by atoms with Gasteiger partial charge in [-0.15, -0.1) is 0 Å². The van der Waals surface area contributed by atoms with Gasteiger partial charge < -0.3 is 10.1 Å². The maximum absolute atomic E-state index is 12.7. The SMILES string of the molecule is CCOC(=O)C1=C(CC)NC2=C(C(=O)CCC2)C1c1ccc(Br)cc1. The van der Waals surface area contributed by atoms with E-state index in [1.165, 1.54) is 0 Å². The molecule has 0 spiro atoms. The maximum atomic E-state index is 12.7. The van der Waals surface area contributed by atoms with Crippen molar-refractivity contribution in [2.75, 3.05) is 6.61 Å². The van der Waals surface area contributed by atoms with Gasteiger partial charge in [-0.1, -0.05) is 35.0 Å². The quantitative estimate of drug-likeness (QED) is 0.758. The molecule has 1 N–H and O–H groups in total. The highest BCUT2D eigenvalue weighted by molar-refractivity contribution is 9.10. The van der Waals surface area contributed by atoms with Crippen LogP contribution in [-0.4, -0.2) is 18.4 Å². The summed E-state index contributed by atoms with van der Waals surface area (Å²) in [6.07, 6.45) is 2.91. The van der Waals surface area contributed by atoms with E-state index in [9.17, 15) is 9.59 Å². The van der Waals surface area contributed by atoms with E-state index in [1.807, 2.05) is 31.2 Å². The van der Waals surface area contributed by atoms with E-state index >= 15 is 0 Å². The van der Waals surface area contributed by atoms with Gasteiger partial charge in [0.25, 0.3) is 0 Å². The molecule has 1 atom stereocenters. The van der Waals surface area contributed by atoms with Gasteiger partial charge >= 0.3 is 5.97 Å². The first-order valence-corrected chi connectivity index (χ1v) is 9.55. The molecule has 25 heavy (non-hydrogen) atoms. The Morgan fingerprint density at radius 1 is 1.24 bits per heavy atom. The summed E-state index contributed by atoms with van der Waals surface area (Å²) in [6.45, 7) is 4.12. The zero-order chi connectivity index (χ0) is 18.0. The Morgan fingerprint density at radius 2 is 1.96 bits per heavy atom. The molecule has 0 saturated carbocycles. The van der Waals surface area contributed by atoms with Crippen molar-refractivity contribution in [3.05, 3.63) is 56.8 Å². The number of carbonyl (C=O) groups excluding carboxylic acids is 2. The summed E-state index contributed by atoms with van der Waals surface area (Å²) < 4.78 is 6.29. The number of allylic oxidation sites excluding steroid dienone is 3. The van der Waals surface area contributed by atoms with Gasteiger partial charge in [0.05, 0.1) is 12.2 Å². The number of halogens is 1. The highest BCUT2D eigenvalue weighted by Crippen LogP contribution is 2.43. The fourth-order valence-corrected chi connectivity index (χ4v) is 3.88. The van der Waals surface area contributed by atoms with Crippen molar-refractivity contribution in [3.63, 3.8) is 0 Å². The van der Waals surface area contributed by atoms with E-state index in [-0.39, 0.29) is 17.7 Å². The summed E-state index contributed by atoms with van der Waals surface area (Å²) >= 11 is 3.45. The third-order valence-corrected chi connectivity index (χ3v) is 5.24. The fraction of sp³-hybridized carbons (Fsp3) is 0.400. The van der Waals surface area contributed by atoms with Crippen LogP contribution >= 0.6 is 15.9 Å². The van der Waals surface area contributed by atoms with E-state index in [4.69, 9.17) is 4.74 Å². The van der Waals surface area contributed by atoms with Gasteiger partial charge in [-0.25, -0.2) is 4.79 Å². The second-order valence-corrected chi connectivity index (χ2v) is 7.16. The van der Waals surface area contributed by atoms with Crippen LogP contribution in [0.1, 0.15) is 51.0 Å². The number of ketones is 1. The standard InChI is InChI=1S/C20H22BrNO3/c1-3-14-19(20(24)25-4-2)17(12-8-10-13(21)11-9-12)18-15(22-14)6-5-7-16(18)23/h8-11,17,22H,3-7H2,1-2H3. The molecule has 5 heteroatoms. The summed E-state index contributed by atoms with van der Waals surface area (Å²) in [7, 11) is 0. The Hall–Kier alpha value is -1.88. The van der Waals surface area contributed by atoms with E-state index in [0.717, 1.165) is 39.8 Å². The number of benzene rings is 1. The van der Waals surface area contributed by atoms with Gasteiger partial charge in [-0.05, 0) is 43.9 Å². The van der Waals surface area contributed by atoms with Gasteiger partial charge in [0, 0.05) is 33.8 Å². The number of rotatable bonds is 4. The lowest BCUT2D eigenvalue weighted by atomic mass is 9.75. The van der Waals surface area contributed by atoms with Crippen molar-refractivity contribution in [2.45, 2.75) is 45.4 Å². The summed E-state index contributed by atoms with van der Waals surface area (Å²) in [5.41, 5.74) is 4.07. The van der Waals surface area contributed by atoms with Gasteiger partial charge in [0.15, 0.2) is 5.78 Å². The zero-order valence-corrected chi connectivity index (χ0v) is 16.1. The molecule has 0 bridgehead atoms. The molecule has 1 aromatic rings. The molecule has 1 heterocycles. The lowest BCUT2D eigenvalue weighted by Gasteiger charge is -2.34. The van der Waals surface area contributed by atoms with Crippen LogP contribution in [0.3, 0.4) is 0 Å². The zero-order valence-electron chi connectivity index (χ0n) is 14.5. The topological polar surface area (TPSA) is 55.4 Å². The predicted octanol–water partition coefficient (Wildman–Crippen LogP) is 4.37. The molecule has 0 aromatic heterocycles. The van der Waals surface area contributed by atoms with Crippen molar-refractivity contribution >= 4 is 27.7 Å². The van der Waals surface area contributed by atoms with Gasteiger partial charge in [0.2, 0.25) is 0 Å². The number of nitrogens with one attached hydrogen (secondary N) is 1. The molecule has 132 valence electrons. The van der Waals surface area contributed by atoms with E-state index in [2.05, 4.69) is 21.2 Å². The van der Waals surface area contributed by atoms with E-state index in [0.29, 0.717) is 25.0 Å². The summed E-state index contributed by atoms with van der Waals surface area (Å²) in [6, 6.07) is 7.83. The Labute approximate surface area is 156 Å². The second kappa shape index (κ2) is 7.56. The predicted molar refractivity (Wildman–Crippen MR) is 99.9 cm³/mol. The minimum atomic E-state index is -0.355. The maximum Gasteiger partial charge on any atom is 0.336 e. The van der Waals surface area contributed by atoms with Crippen LogP contribution in [0.15, 0.2) is 51.3 Å². The minimum absolute atomic E-state index is 0.124. The normalized spacial score (nSPS) is 20.3. The Balaban J connectivity index is 2.18. The summed E-state index contributed by atoms with van der Waals surface area (Å²) in [4.78, 5) is 25.5. The largest absolute Gasteiger partial charge is 0.463 e. The number of Topliss-reactive ketones (excluding diaryl/α,β-unsaturated/α-hetero) is 1. The van der Waals surface area contributed by atoms with Crippen LogP contribution in [0.5, 0.6) is 0 Å². The lowest BCUT2D eigenvalue weighted by Crippen LogP contribution is -2.35. The average molecular weight is 404 g/mol. The van der Waals surface area contributed by atoms with E-state index in [1.54, 1.807) is 6.92 Å². The van der Waals surface area contributed by atoms with Crippen LogP contribution in [0.25, 0.3) is 0 Å².